The molecule has 0 saturated carbocycles. The topological polar surface area (TPSA) is 33.5 Å². The van der Waals surface area contributed by atoms with Crippen LogP contribution in [-0.2, 0) is 26.5 Å². The second-order valence-corrected chi connectivity index (χ2v) is 13.9. The smallest absolute Gasteiger partial charge is 0.135 e. The summed E-state index contributed by atoms with van der Waals surface area (Å²) in [6.45, 7) is 6.68. The number of rotatable bonds is 5. The van der Waals surface area contributed by atoms with Gasteiger partial charge in [-0.05, 0) is 64.5 Å². The molecule has 8 aromatic rings. The fraction of sp³-hybridized carbons (Fsp3) is 0.0870. The van der Waals surface area contributed by atoms with Crippen molar-refractivity contribution in [2.24, 2.45) is 0 Å². The van der Waals surface area contributed by atoms with E-state index in [1.165, 1.54) is 33.4 Å². The van der Waals surface area contributed by atoms with Crippen LogP contribution >= 0.6 is 0 Å². The van der Waals surface area contributed by atoms with Crippen LogP contribution in [0.5, 0.6) is 11.5 Å². The third-order valence-electron chi connectivity index (χ3n) is 10.5. The number of ether oxygens (including phenoxy) is 1. The molecule has 1 aliphatic carbocycles. The Labute approximate surface area is 318 Å². The molecule has 0 amide bonds. The van der Waals surface area contributed by atoms with Gasteiger partial charge in [0, 0.05) is 66.6 Å². The zero-order valence-electron chi connectivity index (χ0n) is 28.9. The number of para-hydroxylation sites is 2. The number of anilines is 3. The second kappa shape index (κ2) is 12.2. The van der Waals surface area contributed by atoms with Crippen LogP contribution in [0.15, 0.2) is 140 Å². The van der Waals surface area contributed by atoms with Crippen LogP contribution < -0.4 is 14.5 Å². The maximum absolute atomic E-state index is 6.53. The van der Waals surface area contributed by atoms with Crippen molar-refractivity contribution >= 4 is 38.9 Å². The fourth-order valence-electron chi connectivity index (χ4n) is 7.95. The summed E-state index contributed by atoms with van der Waals surface area (Å²) in [7, 11) is 2.06. The Hall–Kier alpha value is -5.64. The van der Waals surface area contributed by atoms with Crippen molar-refractivity contribution in [3.8, 4) is 39.6 Å². The van der Waals surface area contributed by atoms with Crippen molar-refractivity contribution in [1.82, 2.24) is 9.55 Å². The summed E-state index contributed by atoms with van der Waals surface area (Å²) >= 11 is 0. The van der Waals surface area contributed by atoms with Gasteiger partial charge in [0.25, 0.3) is 0 Å². The van der Waals surface area contributed by atoms with Gasteiger partial charge >= 0.3 is 0 Å². The quantitative estimate of drug-likeness (QED) is 0.162. The predicted molar refractivity (Wildman–Crippen MR) is 207 cm³/mol. The summed E-state index contributed by atoms with van der Waals surface area (Å²) in [5.41, 5.74) is 12.4. The summed E-state index contributed by atoms with van der Waals surface area (Å²) < 4.78 is 8.77. The molecular weight excluding hydrogens is 820 g/mol. The molecule has 0 radical (unpaired) electrons. The van der Waals surface area contributed by atoms with E-state index in [9.17, 15) is 0 Å². The van der Waals surface area contributed by atoms with E-state index >= 15 is 0 Å². The molecule has 1 aliphatic heterocycles. The molecular formula is C46H33N4OPt-3. The van der Waals surface area contributed by atoms with Crippen LogP contribution in [0, 0.1) is 18.8 Å². The molecule has 6 aromatic carbocycles. The van der Waals surface area contributed by atoms with Crippen LogP contribution in [0.25, 0.3) is 49.9 Å². The molecule has 0 bridgehead atoms. The van der Waals surface area contributed by atoms with Gasteiger partial charge in [0.1, 0.15) is 5.82 Å². The van der Waals surface area contributed by atoms with Gasteiger partial charge in [0.15, 0.2) is 0 Å². The number of fused-ring (bicyclic) bond motifs is 7. The molecule has 256 valence electrons. The molecule has 0 atom stereocenters. The van der Waals surface area contributed by atoms with Gasteiger partial charge < -0.3 is 19.1 Å². The summed E-state index contributed by atoms with van der Waals surface area (Å²) in [6, 6.07) is 53.8. The molecule has 10 rings (SSSR count). The zero-order valence-corrected chi connectivity index (χ0v) is 31.1. The van der Waals surface area contributed by atoms with E-state index < -0.39 is 0 Å². The summed E-state index contributed by atoms with van der Waals surface area (Å²) in [5.74, 6) is 2.09. The van der Waals surface area contributed by atoms with Crippen molar-refractivity contribution in [2.45, 2.75) is 19.3 Å². The Kier molecular flexibility index (Phi) is 7.60. The third kappa shape index (κ3) is 4.98. The average molecular weight is 853 g/mol. The molecule has 52 heavy (non-hydrogen) atoms. The largest absolute Gasteiger partial charge is 0.509 e. The van der Waals surface area contributed by atoms with Crippen molar-refractivity contribution < 1.29 is 25.8 Å². The van der Waals surface area contributed by atoms with Gasteiger partial charge in [0.05, 0.1) is 0 Å². The fourth-order valence-corrected chi connectivity index (χ4v) is 7.95. The molecule has 0 saturated heterocycles. The zero-order chi connectivity index (χ0) is 34.3. The average Bonchev–Trinajstić information content (AvgIpc) is 3.76. The summed E-state index contributed by atoms with van der Waals surface area (Å²) in [4.78, 5) is 9.37. The molecule has 2 aromatic heterocycles. The Balaban J connectivity index is 0.00000360. The maximum Gasteiger partial charge on any atom is 0.135 e. The standard InChI is InChI=1S/C46H33N4O.Pt/c1-46(2)39-17-8-7-16-35(39)38-28-47-45(27-40(38)46)50-41-23-20-31(30-12-5-4-6-13-30)24-37(41)36-22-21-34(26-44(36)50)51-33-15-11-14-32(25-33)49-29-48(3)42-18-9-10-19-43(42)49;/h4-24,27-29H,1-3H3;/q-3;. The van der Waals surface area contributed by atoms with E-state index in [1.807, 2.05) is 30.5 Å². The molecule has 2 aliphatic rings. The Morgan fingerprint density at radius 3 is 2.29 bits per heavy atom. The van der Waals surface area contributed by atoms with Gasteiger partial charge in [-0.25, -0.2) is 4.98 Å². The SMILES string of the molecule is CN1[CH-]N(c2[c-]c(Oc3[c-]c4c(cc3)c3cc(-c5ccccc5)ccc3n4-c3cc4c(cn3)-c3ccccc3C4(C)C)ccc2)c2ccccc21.[Pt]. The van der Waals surface area contributed by atoms with E-state index in [0.717, 1.165) is 44.7 Å². The number of aromatic nitrogens is 2. The molecule has 5 nitrogen and oxygen atoms in total. The molecule has 0 spiro atoms. The normalized spacial score (nSPS) is 13.9. The van der Waals surface area contributed by atoms with E-state index in [4.69, 9.17) is 9.72 Å². The minimum Gasteiger partial charge on any atom is -0.509 e. The number of nitrogens with zero attached hydrogens (tertiary/aromatic N) is 4. The van der Waals surface area contributed by atoms with Crippen molar-refractivity contribution in [3.05, 3.63) is 170 Å². The van der Waals surface area contributed by atoms with Crippen LogP contribution in [0.3, 0.4) is 0 Å². The van der Waals surface area contributed by atoms with Crippen molar-refractivity contribution in [1.29, 1.82) is 0 Å². The van der Waals surface area contributed by atoms with Crippen LogP contribution in [0.1, 0.15) is 25.0 Å². The summed E-state index contributed by atoms with van der Waals surface area (Å²) in [6.07, 6.45) is 2.04. The van der Waals surface area contributed by atoms with Crippen LogP contribution in [0.2, 0.25) is 0 Å². The number of hydrogen-bond acceptors (Lipinski definition) is 4. The Bertz CT molecular complexity index is 2660. The van der Waals surface area contributed by atoms with Gasteiger partial charge in [-0.1, -0.05) is 98.2 Å². The molecule has 3 heterocycles. The first-order chi connectivity index (χ1) is 24.9. The monoisotopic (exact) mass is 852 g/mol. The first-order valence-corrected chi connectivity index (χ1v) is 17.3. The van der Waals surface area contributed by atoms with E-state index in [-0.39, 0.29) is 26.5 Å². The summed E-state index contributed by atoms with van der Waals surface area (Å²) in [5, 5.41) is 2.23. The third-order valence-corrected chi connectivity index (χ3v) is 10.5. The van der Waals surface area contributed by atoms with Gasteiger partial charge in [-0.2, -0.15) is 18.8 Å². The number of hydrogen-bond donors (Lipinski definition) is 0. The van der Waals surface area contributed by atoms with Crippen molar-refractivity contribution in [3.63, 3.8) is 0 Å². The minimum atomic E-state index is -0.149. The second-order valence-electron chi connectivity index (χ2n) is 13.9. The first kappa shape index (κ1) is 32.3. The molecule has 0 N–H and O–H groups in total. The van der Waals surface area contributed by atoms with Gasteiger partial charge in [0.2, 0.25) is 0 Å². The van der Waals surface area contributed by atoms with Crippen LogP contribution in [-0.4, -0.2) is 16.6 Å². The van der Waals surface area contributed by atoms with Gasteiger partial charge in [-0.15, -0.1) is 41.4 Å². The number of pyridine rings is 1. The van der Waals surface area contributed by atoms with E-state index in [1.54, 1.807) is 0 Å². The van der Waals surface area contributed by atoms with E-state index in [0.29, 0.717) is 11.5 Å². The molecule has 6 heteroatoms. The Morgan fingerprint density at radius 1 is 0.654 bits per heavy atom. The van der Waals surface area contributed by atoms with Crippen molar-refractivity contribution in [2.75, 3.05) is 16.8 Å². The molecule has 0 unspecified atom stereocenters. The predicted octanol–water partition coefficient (Wildman–Crippen LogP) is 11.2. The first-order valence-electron chi connectivity index (χ1n) is 17.3. The maximum atomic E-state index is 6.53. The Morgan fingerprint density at radius 2 is 1.42 bits per heavy atom. The minimum absolute atomic E-state index is 0. The van der Waals surface area contributed by atoms with E-state index in [2.05, 4.69) is 163 Å². The van der Waals surface area contributed by atoms with Gasteiger partial charge in [-0.3, -0.25) is 0 Å². The van der Waals surface area contributed by atoms with Crippen LogP contribution in [0.4, 0.5) is 17.1 Å². The molecule has 0 fully saturated rings. The number of benzene rings is 6.